The van der Waals surface area contributed by atoms with Gasteiger partial charge in [-0.25, -0.2) is 4.57 Å². The molecule has 0 spiro atoms. The zero-order chi connectivity index (χ0) is 30.9. The number of fused-ring (bicyclic) bond motifs is 6. The van der Waals surface area contributed by atoms with Crippen LogP contribution in [0, 0.1) is 0 Å². The summed E-state index contributed by atoms with van der Waals surface area (Å²) < 4.78 is 7.90. The van der Waals surface area contributed by atoms with Gasteiger partial charge in [-0.15, -0.1) is 0 Å². The normalized spacial score (nSPS) is 24.3. The van der Waals surface area contributed by atoms with Crippen LogP contribution >= 0.6 is 0 Å². The fourth-order valence-corrected chi connectivity index (χ4v) is 10.2. The molecule has 0 radical (unpaired) electrons. The van der Waals surface area contributed by atoms with Gasteiger partial charge in [0.1, 0.15) is 23.6 Å². The lowest BCUT2D eigenvalue weighted by atomic mass is 9.61. The summed E-state index contributed by atoms with van der Waals surface area (Å²) in [6.07, 6.45) is 20.5. The maximum atomic E-state index is 2.71. The van der Waals surface area contributed by atoms with Gasteiger partial charge in [-0.1, -0.05) is 95.7 Å². The van der Waals surface area contributed by atoms with Crippen LogP contribution in [0.1, 0.15) is 133 Å². The number of benzene rings is 3. The number of rotatable bonds is 5. The molecule has 2 aromatic heterocycles. The summed E-state index contributed by atoms with van der Waals surface area (Å²) in [5.41, 5.74) is 10.5. The molecule has 5 aromatic rings. The standard InChI is InChI=1S/C42H52N3/c1-6-41(3)34-24-16-14-22-31(34)40-44(26-27-45(40)42(41,4)7-2)39-33(29-18-10-8-11-19-29)28-36-38(37(39)30-20-12-9-13-21-30)32-23-15-17-25-35(32)43(36)5/h14-17,22-30H,6-13,18-21H2,1-5H3/q+1. The molecule has 2 unspecified atom stereocenters. The number of para-hydroxylation sites is 1. The highest BCUT2D eigenvalue weighted by atomic mass is 15.2. The summed E-state index contributed by atoms with van der Waals surface area (Å²) in [6.45, 7) is 9.84. The minimum atomic E-state index is -0.0176. The number of nitrogens with zero attached hydrogens (tertiary/aromatic N) is 3. The van der Waals surface area contributed by atoms with Crippen LogP contribution in [0.3, 0.4) is 0 Å². The molecule has 0 bridgehead atoms. The quantitative estimate of drug-likeness (QED) is 0.179. The van der Waals surface area contributed by atoms with Crippen LogP contribution in [0.25, 0.3) is 38.9 Å². The third-order valence-electron chi connectivity index (χ3n) is 13.2. The molecule has 45 heavy (non-hydrogen) atoms. The summed E-state index contributed by atoms with van der Waals surface area (Å²) in [6, 6.07) is 21.2. The fraction of sp³-hybridized carbons (Fsp3) is 0.500. The van der Waals surface area contributed by atoms with Gasteiger partial charge in [-0.2, -0.15) is 4.57 Å². The molecule has 2 atom stereocenters. The second kappa shape index (κ2) is 10.9. The first-order valence-corrected chi connectivity index (χ1v) is 18.2. The van der Waals surface area contributed by atoms with Gasteiger partial charge in [-0.3, -0.25) is 0 Å². The molecule has 0 N–H and O–H groups in total. The van der Waals surface area contributed by atoms with E-state index in [1.165, 1.54) is 109 Å². The zero-order valence-corrected chi connectivity index (χ0v) is 28.3. The molecule has 0 saturated heterocycles. The van der Waals surface area contributed by atoms with Gasteiger partial charge in [0.25, 0.3) is 5.82 Å². The van der Waals surface area contributed by atoms with Crippen LogP contribution in [0.4, 0.5) is 0 Å². The van der Waals surface area contributed by atoms with Crippen molar-refractivity contribution in [3.8, 4) is 17.1 Å². The van der Waals surface area contributed by atoms with Gasteiger partial charge < -0.3 is 4.57 Å². The Morgan fingerprint density at radius 1 is 0.778 bits per heavy atom. The molecule has 0 amide bonds. The highest BCUT2D eigenvalue weighted by Gasteiger charge is 2.55. The molecule has 8 rings (SSSR count). The maximum Gasteiger partial charge on any atom is 0.294 e. The van der Waals surface area contributed by atoms with E-state index >= 15 is 0 Å². The second-order valence-electron chi connectivity index (χ2n) is 15.1. The number of aryl methyl sites for hydroxylation is 1. The van der Waals surface area contributed by atoms with E-state index < -0.39 is 0 Å². The molecule has 1 aliphatic heterocycles. The lowest BCUT2D eigenvalue weighted by Gasteiger charge is -2.47. The summed E-state index contributed by atoms with van der Waals surface area (Å²) in [5, 5.41) is 2.95. The number of hydrogen-bond donors (Lipinski definition) is 0. The van der Waals surface area contributed by atoms with Gasteiger partial charge >= 0.3 is 0 Å². The summed E-state index contributed by atoms with van der Waals surface area (Å²) in [5.74, 6) is 2.58. The van der Waals surface area contributed by atoms with E-state index in [0.717, 1.165) is 12.8 Å². The SMILES string of the molecule is CCC1(C)c2ccccc2-c2n(-c3c(C4CCCCC4)cc4c(c3C3CCCCC3)c3ccccc3n4C)cc[n+]2C1(C)CC. The van der Waals surface area contributed by atoms with Crippen LogP contribution in [-0.2, 0) is 18.0 Å². The summed E-state index contributed by atoms with van der Waals surface area (Å²) in [4.78, 5) is 0. The van der Waals surface area contributed by atoms with Crippen molar-refractivity contribution >= 4 is 21.8 Å². The fourth-order valence-electron chi connectivity index (χ4n) is 10.2. The largest absolute Gasteiger partial charge is 0.344 e. The van der Waals surface area contributed by atoms with Gasteiger partial charge in [0.05, 0.1) is 5.56 Å². The van der Waals surface area contributed by atoms with Crippen LogP contribution in [-0.4, -0.2) is 9.13 Å². The number of hydrogen-bond acceptors (Lipinski definition) is 0. The van der Waals surface area contributed by atoms with E-state index in [9.17, 15) is 0 Å². The van der Waals surface area contributed by atoms with Crippen molar-refractivity contribution in [3.63, 3.8) is 0 Å². The van der Waals surface area contributed by atoms with E-state index in [-0.39, 0.29) is 11.0 Å². The minimum absolute atomic E-state index is 0.0176. The van der Waals surface area contributed by atoms with Gasteiger partial charge in [-0.05, 0) is 81.0 Å². The van der Waals surface area contributed by atoms with Crippen LogP contribution < -0.4 is 4.57 Å². The highest BCUT2D eigenvalue weighted by Crippen LogP contribution is 2.52. The van der Waals surface area contributed by atoms with Crippen molar-refractivity contribution in [1.29, 1.82) is 0 Å². The summed E-state index contributed by atoms with van der Waals surface area (Å²) >= 11 is 0. The second-order valence-corrected chi connectivity index (χ2v) is 15.1. The van der Waals surface area contributed by atoms with Gasteiger partial charge in [0.15, 0.2) is 0 Å². The third kappa shape index (κ3) is 4.04. The Labute approximate surface area is 270 Å². The highest BCUT2D eigenvalue weighted by molar-refractivity contribution is 6.11. The molecule has 3 nitrogen and oxygen atoms in total. The molecule has 3 aromatic carbocycles. The van der Waals surface area contributed by atoms with Crippen molar-refractivity contribution in [1.82, 2.24) is 9.13 Å². The lowest BCUT2D eigenvalue weighted by molar-refractivity contribution is -0.764. The lowest BCUT2D eigenvalue weighted by Crippen LogP contribution is -2.67. The smallest absolute Gasteiger partial charge is 0.294 e. The van der Waals surface area contributed by atoms with E-state index in [1.807, 2.05) is 0 Å². The molecule has 2 fully saturated rings. The molecular formula is C42H52N3+. The monoisotopic (exact) mass is 598 g/mol. The average molecular weight is 599 g/mol. The van der Waals surface area contributed by atoms with Gasteiger partial charge in [0, 0.05) is 45.4 Å². The average Bonchev–Trinajstić information content (AvgIpc) is 3.67. The van der Waals surface area contributed by atoms with Crippen molar-refractivity contribution < 1.29 is 4.57 Å². The number of imidazole rings is 1. The predicted molar refractivity (Wildman–Crippen MR) is 189 cm³/mol. The van der Waals surface area contributed by atoms with E-state index in [2.05, 4.69) is 115 Å². The molecule has 3 heteroatoms. The number of aromatic nitrogens is 3. The Hall–Kier alpha value is -3.33. The zero-order valence-electron chi connectivity index (χ0n) is 28.3. The van der Waals surface area contributed by atoms with Crippen LogP contribution in [0.15, 0.2) is 67.0 Å². The predicted octanol–water partition coefficient (Wildman–Crippen LogP) is 11.0. The Balaban J connectivity index is 1.53. The Bertz CT molecular complexity index is 1890. The molecular weight excluding hydrogens is 546 g/mol. The Morgan fingerprint density at radius 3 is 2.16 bits per heavy atom. The van der Waals surface area contributed by atoms with Crippen molar-refractivity contribution in [2.75, 3.05) is 0 Å². The topological polar surface area (TPSA) is 13.7 Å². The first kappa shape index (κ1) is 29.1. The van der Waals surface area contributed by atoms with E-state index in [1.54, 1.807) is 11.1 Å². The Kier molecular flexibility index (Phi) is 7.04. The molecule has 234 valence electrons. The van der Waals surface area contributed by atoms with Gasteiger partial charge in [0.2, 0.25) is 0 Å². The molecule has 2 aliphatic carbocycles. The summed E-state index contributed by atoms with van der Waals surface area (Å²) in [7, 11) is 2.31. The van der Waals surface area contributed by atoms with Crippen LogP contribution in [0.5, 0.6) is 0 Å². The van der Waals surface area contributed by atoms with Crippen molar-refractivity contribution in [2.24, 2.45) is 7.05 Å². The van der Waals surface area contributed by atoms with E-state index in [4.69, 9.17) is 0 Å². The Morgan fingerprint density at radius 2 is 1.44 bits per heavy atom. The first-order chi connectivity index (χ1) is 21.9. The minimum Gasteiger partial charge on any atom is -0.344 e. The van der Waals surface area contributed by atoms with Crippen molar-refractivity contribution in [3.05, 3.63) is 83.7 Å². The van der Waals surface area contributed by atoms with E-state index in [0.29, 0.717) is 11.8 Å². The molecule has 3 aliphatic rings. The molecule has 3 heterocycles. The molecule has 2 saturated carbocycles. The van der Waals surface area contributed by atoms with Crippen molar-refractivity contribution in [2.45, 2.75) is 128 Å². The first-order valence-electron chi connectivity index (χ1n) is 18.2. The maximum absolute atomic E-state index is 2.71. The third-order valence-corrected chi connectivity index (χ3v) is 13.2. The van der Waals surface area contributed by atoms with Crippen LogP contribution in [0.2, 0.25) is 0 Å².